The average Bonchev–Trinajstić information content (AvgIpc) is 2.82. The molecule has 0 radical (unpaired) electrons. The van der Waals surface area contributed by atoms with Gasteiger partial charge in [0.15, 0.2) is 6.61 Å². The van der Waals surface area contributed by atoms with Crippen molar-refractivity contribution in [1.29, 1.82) is 0 Å². The van der Waals surface area contributed by atoms with Crippen LogP contribution in [0.5, 0.6) is 5.75 Å². The molecule has 0 saturated carbocycles. The molecular weight excluding hydrogens is 504 g/mol. The number of benzene rings is 3. The Morgan fingerprint density at radius 3 is 2.61 bits per heavy atom. The molecule has 0 saturated heterocycles. The molecule has 3 aromatic rings. The second-order valence-electron chi connectivity index (χ2n) is 7.91. The van der Waals surface area contributed by atoms with Crippen molar-refractivity contribution < 1.29 is 17.9 Å². The van der Waals surface area contributed by atoms with E-state index in [0.717, 1.165) is 34.1 Å². The van der Waals surface area contributed by atoms with E-state index in [0.29, 0.717) is 12.3 Å². The van der Waals surface area contributed by atoms with Crippen LogP contribution < -0.4 is 14.4 Å². The van der Waals surface area contributed by atoms with E-state index in [1.54, 1.807) is 12.1 Å². The monoisotopic (exact) mass is 528 g/mol. The first-order chi connectivity index (χ1) is 15.8. The maximum Gasteiger partial charge on any atom is 0.264 e. The molecule has 33 heavy (non-hydrogen) atoms. The van der Waals surface area contributed by atoms with Crippen LogP contribution in [0.15, 0.2) is 82.2 Å². The van der Waals surface area contributed by atoms with Crippen molar-refractivity contribution >= 4 is 37.5 Å². The van der Waals surface area contributed by atoms with Crippen LogP contribution in [-0.2, 0) is 21.2 Å². The third-order valence-electron chi connectivity index (χ3n) is 5.58. The van der Waals surface area contributed by atoms with Crippen molar-refractivity contribution in [2.24, 2.45) is 0 Å². The fraction of sp³-hybridized carbons (Fsp3) is 0.240. The summed E-state index contributed by atoms with van der Waals surface area (Å²) in [7, 11) is -3.68. The van der Waals surface area contributed by atoms with E-state index < -0.39 is 10.0 Å². The SMILES string of the molecule is CC(NC(=O)COc1ccc(S(=O)(=O)N2CCCc3ccccc32)cc1)c1cccc(Br)c1. The van der Waals surface area contributed by atoms with Crippen molar-refractivity contribution in [3.8, 4) is 5.75 Å². The smallest absolute Gasteiger partial charge is 0.264 e. The number of para-hydroxylation sites is 1. The molecule has 3 aromatic carbocycles. The summed E-state index contributed by atoms with van der Waals surface area (Å²) in [6.45, 7) is 2.19. The number of hydrogen-bond acceptors (Lipinski definition) is 4. The third kappa shape index (κ3) is 5.39. The molecule has 1 N–H and O–H groups in total. The number of amides is 1. The quantitative estimate of drug-likeness (QED) is 0.475. The Balaban J connectivity index is 1.38. The van der Waals surface area contributed by atoms with Gasteiger partial charge in [0.1, 0.15) is 5.75 Å². The average molecular weight is 529 g/mol. The van der Waals surface area contributed by atoms with Gasteiger partial charge in [-0.05, 0) is 73.4 Å². The van der Waals surface area contributed by atoms with Crippen LogP contribution in [0, 0.1) is 0 Å². The number of sulfonamides is 1. The zero-order valence-electron chi connectivity index (χ0n) is 18.2. The predicted molar refractivity (Wildman–Crippen MR) is 132 cm³/mol. The van der Waals surface area contributed by atoms with Crippen LogP contribution in [0.2, 0.25) is 0 Å². The summed E-state index contributed by atoms with van der Waals surface area (Å²) < 4.78 is 34.4. The highest BCUT2D eigenvalue weighted by atomic mass is 79.9. The third-order valence-corrected chi connectivity index (χ3v) is 7.90. The lowest BCUT2D eigenvalue weighted by Crippen LogP contribution is -2.35. The second-order valence-corrected chi connectivity index (χ2v) is 10.7. The molecule has 0 bridgehead atoms. The number of halogens is 1. The molecule has 0 aromatic heterocycles. The van der Waals surface area contributed by atoms with Crippen molar-refractivity contribution in [3.63, 3.8) is 0 Å². The number of fused-ring (bicyclic) bond motifs is 1. The Labute approximate surface area is 202 Å². The molecule has 1 unspecified atom stereocenters. The van der Waals surface area contributed by atoms with Crippen molar-refractivity contribution in [3.05, 3.63) is 88.4 Å². The van der Waals surface area contributed by atoms with Gasteiger partial charge in [-0.25, -0.2) is 8.42 Å². The maximum atomic E-state index is 13.2. The summed E-state index contributed by atoms with van der Waals surface area (Å²) in [5, 5.41) is 2.89. The first-order valence-corrected chi connectivity index (χ1v) is 13.0. The molecule has 1 aliphatic heterocycles. The topological polar surface area (TPSA) is 75.7 Å². The molecule has 8 heteroatoms. The number of aryl methyl sites for hydroxylation is 1. The molecule has 6 nitrogen and oxygen atoms in total. The number of ether oxygens (including phenoxy) is 1. The highest BCUT2D eigenvalue weighted by molar-refractivity contribution is 9.10. The number of hydrogen-bond donors (Lipinski definition) is 1. The Bertz CT molecular complexity index is 1250. The minimum Gasteiger partial charge on any atom is -0.484 e. The maximum absolute atomic E-state index is 13.2. The number of nitrogens with one attached hydrogen (secondary N) is 1. The summed E-state index contributed by atoms with van der Waals surface area (Å²) >= 11 is 3.43. The van der Waals surface area contributed by atoms with Gasteiger partial charge in [-0.15, -0.1) is 0 Å². The van der Waals surface area contributed by atoms with Gasteiger partial charge in [-0.2, -0.15) is 0 Å². The normalized spacial score (nSPS) is 14.3. The molecule has 0 fully saturated rings. The molecule has 0 aliphatic carbocycles. The van der Waals surface area contributed by atoms with E-state index in [2.05, 4.69) is 21.2 Å². The molecule has 1 aliphatic rings. The van der Waals surface area contributed by atoms with Gasteiger partial charge in [-0.1, -0.05) is 46.3 Å². The molecule has 1 heterocycles. The first kappa shape index (κ1) is 23.3. The number of nitrogens with zero attached hydrogens (tertiary/aromatic N) is 1. The van der Waals surface area contributed by atoms with Gasteiger partial charge in [0.2, 0.25) is 0 Å². The zero-order valence-corrected chi connectivity index (χ0v) is 20.6. The summed E-state index contributed by atoms with van der Waals surface area (Å²) in [5.74, 6) is 0.169. The number of carbonyl (C=O) groups excluding carboxylic acids is 1. The number of anilines is 1. The standard InChI is InChI=1S/C25H25BrN2O4S/c1-18(20-7-4-9-21(26)16-20)27-25(29)17-32-22-11-13-23(14-12-22)33(30,31)28-15-5-8-19-6-2-3-10-24(19)28/h2-4,6-7,9-14,16,18H,5,8,15,17H2,1H3,(H,27,29). The molecule has 1 atom stereocenters. The Kier molecular flexibility index (Phi) is 7.05. The van der Waals surface area contributed by atoms with Crippen LogP contribution in [-0.4, -0.2) is 27.5 Å². The highest BCUT2D eigenvalue weighted by Gasteiger charge is 2.28. The lowest BCUT2D eigenvalue weighted by atomic mass is 10.0. The van der Waals surface area contributed by atoms with E-state index in [-0.39, 0.29) is 23.5 Å². The van der Waals surface area contributed by atoms with Gasteiger partial charge in [0.25, 0.3) is 15.9 Å². The van der Waals surface area contributed by atoms with Gasteiger partial charge >= 0.3 is 0 Å². The first-order valence-electron chi connectivity index (χ1n) is 10.7. The molecule has 1 amide bonds. The molecule has 4 rings (SSSR count). The van der Waals surface area contributed by atoms with Gasteiger partial charge < -0.3 is 10.1 Å². The van der Waals surface area contributed by atoms with Crippen LogP contribution in [0.3, 0.4) is 0 Å². The fourth-order valence-electron chi connectivity index (χ4n) is 3.88. The van der Waals surface area contributed by atoms with Crippen LogP contribution in [0.25, 0.3) is 0 Å². The number of rotatable bonds is 7. The van der Waals surface area contributed by atoms with E-state index in [1.165, 1.54) is 16.4 Å². The lowest BCUT2D eigenvalue weighted by molar-refractivity contribution is -0.123. The predicted octanol–water partition coefficient (Wildman–Crippen LogP) is 4.85. The summed E-state index contributed by atoms with van der Waals surface area (Å²) in [6.07, 6.45) is 1.65. The number of carbonyl (C=O) groups is 1. The lowest BCUT2D eigenvalue weighted by Gasteiger charge is -2.30. The summed E-state index contributed by atoms with van der Waals surface area (Å²) in [6, 6.07) is 21.3. The Morgan fingerprint density at radius 1 is 1.09 bits per heavy atom. The van der Waals surface area contributed by atoms with Crippen LogP contribution in [0.4, 0.5) is 5.69 Å². The second kappa shape index (κ2) is 9.97. The van der Waals surface area contributed by atoms with Crippen LogP contribution >= 0.6 is 15.9 Å². The van der Waals surface area contributed by atoms with Gasteiger partial charge in [-0.3, -0.25) is 9.10 Å². The molecular formula is C25H25BrN2O4S. The van der Waals surface area contributed by atoms with Crippen molar-refractivity contribution in [2.75, 3.05) is 17.5 Å². The van der Waals surface area contributed by atoms with Crippen molar-refractivity contribution in [1.82, 2.24) is 5.32 Å². The van der Waals surface area contributed by atoms with Gasteiger partial charge in [0.05, 0.1) is 16.6 Å². The Hall–Kier alpha value is -2.84. The molecule has 0 spiro atoms. The van der Waals surface area contributed by atoms with Crippen molar-refractivity contribution in [2.45, 2.75) is 30.7 Å². The van der Waals surface area contributed by atoms with Gasteiger partial charge in [0, 0.05) is 11.0 Å². The Morgan fingerprint density at radius 2 is 1.85 bits per heavy atom. The van der Waals surface area contributed by atoms with Crippen LogP contribution in [0.1, 0.15) is 30.5 Å². The summed E-state index contributed by atoms with van der Waals surface area (Å²) in [4.78, 5) is 12.5. The molecule has 172 valence electrons. The van der Waals surface area contributed by atoms with E-state index in [9.17, 15) is 13.2 Å². The van der Waals surface area contributed by atoms with E-state index in [4.69, 9.17) is 4.74 Å². The minimum absolute atomic E-state index is 0.163. The summed E-state index contributed by atoms with van der Waals surface area (Å²) in [5.41, 5.74) is 2.75. The van der Waals surface area contributed by atoms with E-state index >= 15 is 0 Å². The van der Waals surface area contributed by atoms with E-state index in [1.807, 2.05) is 55.5 Å². The largest absolute Gasteiger partial charge is 0.484 e. The zero-order chi connectivity index (χ0) is 23.4. The fourth-order valence-corrected chi connectivity index (χ4v) is 5.83. The minimum atomic E-state index is -3.68. The highest BCUT2D eigenvalue weighted by Crippen LogP contribution is 2.32.